The largest absolute Gasteiger partial charge is 0.417 e. The zero-order valence-electron chi connectivity index (χ0n) is 20.8. The molecule has 3 aromatic rings. The molecular weight excluding hydrogens is 559 g/mol. The maximum absolute atomic E-state index is 14.2. The van der Waals surface area contributed by atoms with E-state index in [0.717, 1.165) is 17.7 Å². The van der Waals surface area contributed by atoms with Gasteiger partial charge in [-0.05, 0) is 54.7 Å². The van der Waals surface area contributed by atoms with Gasteiger partial charge in [0.2, 0.25) is 5.91 Å². The van der Waals surface area contributed by atoms with E-state index < -0.39 is 52.5 Å². The van der Waals surface area contributed by atoms with E-state index in [9.17, 15) is 31.5 Å². The first-order valence-electron chi connectivity index (χ1n) is 12.4. The summed E-state index contributed by atoms with van der Waals surface area (Å²) in [6, 6.07) is 7.79. The van der Waals surface area contributed by atoms with Crippen molar-refractivity contribution in [2.24, 2.45) is 5.16 Å². The van der Waals surface area contributed by atoms with E-state index in [4.69, 9.17) is 16.4 Å². The highest BCUT2D eigenvalue weighted by atomic mass is 35.5. The van der Waals surface area contributed by atoms with Crippen molar-refractivity contribution in [3.05, 3.63) is 98.2 Å². The smallest absolute Gasteiger partial charge is 0.387 e. The van der Waals surface area contributed by atoms with E-state index in [1.165, 1.54) is 11.0 Å². The molecule has 0 bridgehead atoms. The molecule has 0 saturated carbocycles. The fourth-order valence-electron chi connectivity index (χ4n) is 4.94. The number of benzene rings is 1. The van der Waals surface area contributed by atoms with Crippen LogP contribution in [0.4, 0.5) is 22.0 Å². The number of hydrogen-bond acceptors (Lipinski definition) is 5. The van der Waals surface area contributed by atoms with Crippen LogP contribution in [0.5, 0.6) is 0 Å². The SMILES string of the molecule is O=C(Cn1cc(C(F)(F)F)cc(Cl)c1=O)N1CCC(c2ccnc(C3=NOC(c4c(F)cccc4F)C3)c2)CC1. The van der Waals surface area contributed by atoms with Gasteiger partial charge in [0.25, 0.3) is 5.56 Å². The molecule has 0 radical (unpaired) electrons. The lowest BCUT2D eigenvalue weighted by atomic mass is 9.89. The Morgan fingerprint density at radius 3 is 2.48 bits per heavy atom. The maximum atomic E-state index is 14.2. The molecule has 0 N–H and O–H groups in total. The average molecular weight is 581 g/mol. The first-order chi connectivity index (χ1) is 19.0. The topological polar surface area (TPSA) is 76.8 Å². The normalized spacial score (nSPS) is 18.0. The number of carbonyl (C=O) groups is 1. The van der Waals surface area contributed by atoms with E-state index in [1.807, 2.05) is 12.1 Å². The second-order valence-corrected chi connectivity index (χ2v) is 10.0. The van der Waals surface area contributed by atoms with Gasteiger partial charge >= 0.3 is 6.18 Å². The van der Waals surface area contributed by atoms with Crippen molar-refractivity contribution in [1.82, 2.24) is 14.5 Å². The molecular formula is C27H22ClF5N4O3. The highest BCUT2D eigenvalue weighted by molar-refractivity contribution is 6.30. The van der Waals surface area contributed by atoms with Gasteiger partial charge in [-0.2, -0.15) is 13.2 Å². The van der Waals surface area contributed by atoms with E-state index in [2.05, 4.69) is 10.1 Å². The third kappa shape index (κ3) is 5.72. The summed E-state index contributed by atoms with van der Waals surface area (Å²) in [4.78, 5) is 36.2. The van der Waals surface area contributed by atoms with Gasteiger partial charge in [-0.3, -0.25) is 14.6 Å². The number of rotatable bonds is 5. The van der Waals surface area contributed by atoms with Crippen LogP contribution in [0, 0.1) is 11.6 Å². The number of halogens is 6. The lowest BCUT2D eigenvalue weighted by molar-refractivity contribution is -0.139. The molecule has 2 aliphatic rings. The first-order valence-corrected chi connectivity index (χ1v) is 12.8. The molecule has 0 spiro atoms. The number of amides is 1. The van der Waals surface area contributed by atoms with Crippen LogP contribution in [-0.4, -0.2) is 39.2 Å². The van der Waals surface area contributed by atoms with Gasteiger partial charge in [0.05, 0.1) is 16.8 Å². The Hall–Kier alpha value is -3.80. The molecule has 0 aliphatic carbocycles. The fourth-order valence-corrected chi connectivity index (χ4v) is 5.17. The number of aromatic nitrogens is 2. The summed E-state index contributed by atoms with van der Waals surface area (Å²) in [5, 5.41) is 3.39. The third-order valence-corrected chi connectivity index (χ3v) is 7.34. The van der Waals surface area contributed by atoms with Gasteiger partial charge in [-0.25, -0.2) is 8.78 Å². The number of hydrogen-bond donors (Lipinski definition) is 0. The van der Waals surface area contributed by atoms with Gasteiger partial charge in [-0.15, -0.1) is 0 Å². The molecule has 2 aromatic heterocycles. The number of oxime groups is 1. The molecule has 1 aromatic carbocycles. The molecule has 210 valence electrons. The highest BCUT2D eigenvalue weighted by Gasteiger charge is 2.33. The Balaban J connectivity index is 1.22. The van der Waals surface area contributed by atoms with Crippen LogP contribution in [0.2, 0.25) is 5.02 Å². The van der Waals surface area contributed by atoms with Crippen LogP contribution in [0.15, 0.2) is 58.7 Å². The molecule has 1 fully saturated rings. The zero-order chi connectivity index (χ0) is 28.6. The van der Waals surface area contributed by atoms with E-state index >= 15 is 0 Å². The minimum Gasteiger partial charge on any atom is -0.387 e. The number of alkyl halides is 3. The second-order valence-electron chi connectivity index (χ2n) is 9.61. The molecule has 1 saturated heterocycles. The van der Waals surface area contributed by atoms with Crippen LogP contribution in [0.3, 0.4) is 0 Å². The monoisotopic (exact) mass is 580 g/mol. The minimum atomic E-state index is -4.71. The number of carbonyl (C=O) groups excluding carboxylic acids is 1. The summed E-state index contributed by atoms with van der Waals surface area (Å²) in [5.74, 6) is -1.87. The van der Waals surface area contributed by atoms with Crippen molar-refractivity contribution in [3.63, 3.8) is 0 Å². The van der Waals surface area contributed by atoms with Crippen LogP contribution in [0.1, 0.15) is 53.7 Å². The van der Waals surface area contributed by atoms with Crippen molar-refractivity contribution in [3.8, 4) is 0 Å². The lowest BCUT2D eigenvalue weighted by Crippen LogP contribution is -2.41. The maximum Gasteiger partial charge on any atom is 0.417 e. The molecule has 4 heterocycles. The van der Waals surface area contributed by atoms with Crippen molar-refractivity contribution < 1.29 is 31.6 Å². The zero-order valence-corrected chi connectivity index (χ0v) is 21.6. The third-order valence-electron chi connectivity index (χ3n) is 7.06. The highest BCUT2D eigenvalue weighted by Crippen LogP contribution is 2.34. The standard InChI is InChI=1S/C27H22ClF5N4O3/c28-18-11-17(27(31,32)33)13-37(26(18)39)14-24(38)36-8-5-15(6-9-36)16-4-7-34-21(10-16)22-12-23(40-35-22)25-19(29)2-1-3-20(25)30/h1-4,7,10-11,13,15,23H,5-6,8-9,12,14H2. The van der Waals surface area contributed by atoms with Gasteiger partial charge in [0.15, 0.2) is 6.10 Å². The van der Waals surface area contributed by atoms with Crippen molar-refractivity contribution in [2.75, 3.05) is 13.1 Å². The predicted octanol–water partition coefficient (Wildman–Crippen LogP) is 5.47. The summed E-state index contributed by atoms with van der Waals surface area (Å²) in [7, 11) is 0. The number of pyridine rings is 2. The quantitative estimate of drug-likeness (QED) is 0.375. The number of likely N-dealkylation sites (tertiary alicyclic amines) is 1. The van der Waals surface area contributed by atoms with Crippen molar-refractivity contribution in [2.45, 2.75) is 44.0 Å². The van der Waals surface area contributed by atoms with Gasteiger partial charge in [0.1, 0.15) is 28.9 Å². The Morgan fingerprint density at radius 2 is 1.80 bits per heavy atom. The van der Waals surface area contributed by atoms with E-state index in [1.54, 1.807) is 6.20 Å². The molecule has 1 unspecified atom stereocenters. The molecule has 1 amide bonds. The average Bonchev–Trinajstić information content (AvgIpc) is 3.40. The predicted molar refractivity (Wildman–Crippen MR) is 135 cm³/mol. The lowest BCUT2D eigenvalue weighted by Gasteiger charge is -2.32. The molecule has 5 rings (SSSR count). The van der Waals surface area contributed by atoms with Crippen molar-refractivity contribution >= 4 is 23.2 Å². The Bertz CT molecular complexity index is 1510. The fraction of sp³-hybridized carbons (Fsp3) is 0.333. The molecule has 2 aliphatic heterocycles. The summed E-state index contributed by atoms with van der Waals surface area (Å²) < 4.78 is 68.4. The first kappa shape index (κ1) is 27.8. The Labute approximate surface area is 229 Å². The van der Waals surface area contributed by atoms with Crippen LogP contribution >= 0.6 is 11.6 Å². The summed E-state index contributed by atoms with van der Waals surface area (Å²) >= 11 is 5.68. The molecule has 40 heavy (non-hydrogen) atoms. The number of nitrogens with zero attached hydrogens (tertiary/aromatic N) is 4. The number of piperidine rings is 1. The molecule has 13 heteroatoms. The minimum absolute atomic E-state index is 0.0549. The van der Waals surface area contributed by atoms with Crippen LogP contribution < -0.4 is 5.56 Å². The van der Waals surface area contributed by atoms with Crippen molar-refractivity contribution in [1.29, 1.82) is 0 Å². The van der Waals surface area contributed by atoms with Gasteiger partial charge in [0, 0.05) is 31.9 Å². The Morgan fingerprint density at radius 1 is 1.10 bits per heavy atom. The van der Waals surface area contributed by atoms with Crippen LogP contribution in [0.25, 0.3) is 0 Å². The molecule has 7 nitrogen and oxygen atoms in total. The summed E-state index contributed by atoms with van der Waals surface area (Å²) in [5.41, 5.74) is -0.283. The van der Waals surface area contributed by atoms with E-state index in [0.29, 0.717) is 54.2 Å². The Kier molecular flexibility index (Phi) is 7.63. The van der Waals surface area contributed by atoms with Crippen LogP contribution in [-0.2, 0) is 22.4 Å². The molecule has 1 atom stereocenters. The second kappa shape index (κ2) is 11.0. The summed E-state index contributed by atoms with van der Waals surface area (Å²) in [6.07, 6.45) is -2.15. The summed E-state index contributed by atoms with van der Waals surface area (Å²) in [6.45, 7) is 0.110. The van der Waals surface area contributed by atoms with Gasteiger partial charge in [-0.1, -0.05) is 22.8 Å². The van der Waals surface area contributed by atoms with Gasteiger partial charge < -0.3 is 14.3 Å². The van der Waals surface area contributed by atoms with E-state index in [-0.39, 0.29) is 17.9 Å².